The number of rotatable bonds is 6. The minimum Gasteiger partial charge on any atom is -0.481 e. The van der Waals surface area contributed by atoms with Gasteiger partial charge in [0, 0.05) is 24.4 Å². The molecular formula is C18H21N3O3. The van der Waals surface area contributed by atoms with Crippen molar-refractivity contribution >= 4 is 11.8 Å². The zero-order chi connectivity index (χ0) is 17.5. The van der Waals surface area contributed by atoms with Crippen LogP contribution < -0.4 is 15.4 Å². The average Bonchev–Trinajstić information content (AvgIpc) is 2.60. The Morgan fingerprint density at radius 3 is 2.58 bits per heavy atom. The first-order chi connectivity index (χ1) is 11.5. The predicted octanol–water partition coefficient (Wildman–Crippen LogP) is 1.75. The van der Waals surface area contributed by atoms with Crippen molar-refractivity contribution in [3.63, 3.8) is 0 Å². The first-order valence-electron chi connectivity index (χ1n) is 7.60. The monoisotopic (exact) mass is 327 g/mol. The van der Waals surface area contributed by atoms with Crippen molar-refractivity contribution in [2.24, 2.45) is 0 Å². The van der Waals surface area contributed by atoms with Gasteiger partial charge in [0.05, 0.1) is 13.7 Å². The first kappa shape index (κ1) is 17.5. The average molecular weight is 327 g/mol. The van der Waals surface area contributed by atoms with E-state index in [0.717, 1.165) is 16.7 Å². The Labute approximate surface area is 141 Å². The molecule has 6 nitrogen and oxygen atoms in total. The number of amides is 2. The fraction of sp³-hybridized carbons (Fsp3) is 0.278. The number of aromatic nitrogens is 1. The predicted molar refractivity (Wildman–Crippen MR) is 90.9 cm³/mol. The standard InChI is InChI=1S/C18H21N3O3/c1-12-4-5-15(8-13(12)2)18(23)21-11-16(22)20-10-14-6-7-19-17(9-14)24-3/h4-9H,10-11H2,1-3H3,(H,20,22)(H,21,23). The molecule has 0 aliphatic rings. The zero-order valence-electron chi connectivity index (χ0n) is 14.1. The van der Waals surface area contributed by atoms with E-state index in [-0.39, 0.29) is 18.4 Å². The highest BCUT2D eigenvalue weighted by molar-refractivity contribution is 5.96. The Bertz CT molecular complexity index is 744. The van der Waals surface area contributed by atoms with Gasteiger partial charge in [-0.3, -0.25) is 9.59 Å². The molecule has 0 spiro atoms. The maximum Gasteiger partial charge on any atom is 0.251 e. The Kier molecular flexibility index (Phi) is 5.89. The number of carbonyl (C=O) groups is 2. The molecule has 0 fully saturated rings. The maximum absolute atomic E-state index is 12.1. The second-order valence-electron chi connectivity index (χ2n) is 5.46. The van der Waals surface area contributed by atoms with E-state index in [0.29, 0.717) is 18.0 Å². The quantitative estimate of drug-likeness (QED) is 0.847. The fourth-order valence-corrected chi connectivity index (χ4v) is 2.08. The van der Waals surface area contributed by atoms with Crippen LogP contribution >= 0.6 is 0 Å². The summed E-state index contributed by atoms with van der Waals surface area (Å²) in [6.07, 6.45) is 1.61. The van der Waals surface area contributed by atoms with Crippen molar-refractivity contribution in [2.75, 3.05) is 13.7 Å². The first-order valence-corrected chi connectivity index (χ1v) is 7.60. The number of methoxy groups -OCH3 is 1. The van der Waals surface area contributed by atoms with E-state index in [1.54, 1.807) is 24.4 Å². The van der Waals surface area contributed by atoms with Crippen LogP contribution in [0.1, 0.15) is 27.0 Å². The zero-order valence-corrected chi connectivity index (χ0v) is 14.1. The molecule has 0 aliphatic carbocycles. The van der Waals surface area contributed by atoms with Crippen molar-refractivity contribution < 1.29 is 14.3 Å². The molecule has 2 aromatic rings. The summed E-state index contributed by atoms with van der Waals surface area (Å²) in [6.45, 7) is 4.20. The molecule has 1 aromatic heterocycles. The second kappa shape index (κ2) is 8.10. The summed E-state index contributed by atoms with van der Waals surface area (Å²) >= 11 is 0. The van der Waals surface area contributed by atoms with Gasteiger partial charge in [0.2, 0.25) is 11.8 Å². The minimum atomic E-state index is -0.265. The molecule has 2 N–H and O–H groups in total. The number of aryl methyl sites for hydroxylation is 2. The van der Waals surface area contributed by atoms with Crippen molar-refractivity contribution in [2.45, 2.75) is 20.4 Å². The van der Waals surface area contributed by atoms with Gasteiger partial charge < -0.3 is 15.4 Å². The van der Waals surface area contributed by atoms with Crippen LogP contribution in [0, 0.1) is 13.8 Å². The van der Waals surface area contributed by atoms with Gasteiger partial charge in [0.15, 0.2) is 0 Å². The smallest absolute Gasteiger partial charge is 0.251 e. The molecule has 0 radical (unpaired) electrons. The number of hydrogen-bond acceptors (Lipinski definition) is 4. The SMILES string of the molecule is COc1cc(CNC(=O)CNC(=O)c2ccc(C)c(C)c2)ccn1. The summed E-state index contributed by atoms with van der Waals surface area (Å²) in [5, 5.41) is 5.36. The number of nitrogens with zero attached hydrogens (tertiary/aromatic N) is 1. The molecule has 2 amide bonds. The molecule has 0 saturated heterocycles. The highest BCUT2D eigenvalue weighted by atomic mass is 16.5. The van der Waals surface area contributed by atoms with Gasteiger partial charge in [-0.2, -0.15) is 0 Å². The van der Waals surface area contributed by atoms with E-state index in [1.807, 2.05) is 26.0 Å². The van der Waals surface area contributed by atoms with Crippen LogP contribution in [-0.2, 0) is 11.3 Å². The third kappa shape index (κ3) is 4.81. The van der Waals surface area contributed by atoms with Gasteiger partial charge >= 0.3 is 0 Å². The topological polar surface area (TPSA) is 80.3 Å². The third-order valence-corrected chi connectivity index (χ3v) is 3.68. The minimum absolute atomic E-state index is 0.0754. The molecule has 1 aromatic carbocycles. The fourth-order valence-electron chi connectivity index (χ4n) is 2.08. The lowest BCUT2D eigenvalue weighted by Crippen LogP contribution is -2.36. The van der Waals surface area contributed by atoms with Gasteiger partial charge in [-0.05, 0) is 48.7 Å². The van der Waals surface area contributed by atoms with Crippen molar-refractivity contribution in [3.8, 4) is 5.88 Å². The number of pyridine rings is 1. The van der Waals surface area contributed by atoms with Crippen LogP contribution in [0.25, 0.3) is 0 Å². The molecule has 0 aliphatic heterocycles. The van der Waals surface area contributed by atoms with Crippen molar-refractivity contribution in [3.05, 3.63) is 58.8 Å². The largest absolute Gasteiger partial charge is 0.481 e. The Hall–Kier alpha value is -2.89. The lowest BCUT2D eigenvalue weighted by molar-refractivity contribution is -0.120. The lowest BCUT2D eigenvalue weighted by atomic mass is 10.1. The Balaban J connectivity index is 1.82. The Morgan fingerprint density at radius 1 is 1.08 bits per heavy atom. The van der Waals surface area contributed by atoms with E-state index < -0.39 is 0 Å². The molecule has 1 heterocycles. The van der Waals surface area contributed by atoms with Crippen LogP contribution in [0.3, 0.4) is 0 Å². The highest BCUT2D eigenvalue weighted by Crippen LogP contribution is 2.10. The number of nitrogens with one attached hydrogen (secondary N) is 2. The number of ether oxygens (including phenoxy) is 1. The van der Waals surface area contributed by atoms with Crippen LogP contribution in [0.5, 0.6) is 5.88 Å². The summed E-state index contributed by atoms with van der Waals surface area (Å²) in [5.74, 6) is -0.0356. The molecule has 0 bridgehead atoms. The number of carbonyl (C=O) groups excluding carboxylic acids is 2. The second-order valence-corrected chi connectivity index (χ2v) is 5.46. The maximum atomic E-state index is 12.1. The van der Waals surface area contributed by atoms with Gasteiger partial charge in [-0.1, -0.05) is 6.07 Å². The van der Waals surface area contributed by atoms with Gasteiger partial charge in [-0.25, -0.2) is 4.98 Å². The molecular weight excluding hydrogens is 306 g/mol. The van der Waals surface area contributed by atoms with Gasteiger partial charge in [0.25, 0.3) is 5.91 Å². The molecule has 24 heavy (non-hydrogen) atoms. The molecule has 0 saturated carbocycles. The third-order valence-electron chi connectivity index (χ3n) is 3.68. The number of hydrogen-bond donors (Lipinski definition) is 2. The molecule has 0 atom stereocenters. The van der Waals surface area contributed by atoms with Crippen molar-refractivity contribution in [1.29, 1.82) is 0 Å². The summed E-state index contributed by atoms with van der Waals surface area (Å²) in [5.41, 5.74) is 3.58. The Morgan fingerprint density at radius 2 is 1.88 bits per heavy atom. The number of benzene rings is 1. The molecule has 126 valence electrons. The molecule has 0 unspecified atom stereocenters. The van der Waals surface area contributed by atoms with E-state index in [4.69, 9.17) is 4.74 Å². The van der Waals surface area contributed by atoms with E-state index in [1.165, 1.54) is 7.11 Å². The van der Waals surface area contributed by atoms with Gasteiger partial charge in [-0.15, -0.1) is 0 Å². The normalized spacial score (nSPS) is 10.1. The summed E-state index contributed by atoms with van der Waals surface area (Å²) in [4.78, 5) is 27.9. The molecule has 2 rings (SSSR count). The van der Waals surface area contributed by atoms with E-state index in [2.05, 4.69) is 15.6 Å². The highest BCUT2D eigenvalue weighted by Gasteiger charge is 2.09. The lowest BCUT2D eigenvalue weighted by Gasteiger charge is -2.09. The van der Waals surface area contributed by atoms with Crippen LogP contribution in [0.15, 0.2) is 36.5 Å². The van der Waals surface area contributed by atoms with Gasteiger partial charge in [0.1, 0.15) is 0 Å². The summed E-state index contributed by atoms with van der Waals surface area (Å²) < 4.78 is 5.03. The van der Waals surface area contributed by atoms with E-state index in [9.17, 15) is 9.59 Å². The van der Waals surface area contributed by atoms with Crippen LogP contribution in [0.2, 0.25) is 0 Å². The van der Waals surface area contributed by atoms with Crippen LogP contribution in [-0.4, -0.2) is 30.5 Å². The summed E-state index contributed by atoms with van der Waals surface area (Å²) in [6, 6.07) is 8.98. The van der Waals surface area contributed by atoms with E-state index >= 15 is 0 Å². The summed E-state index contributed by atoms with van der Waals surface area (Å²) in [7, 11) is 1.53. The van der Waals surface area contributed by atoms with Crippen molar-refractivity contribution in [1.82, 2.24) is 15.6 Å². The van der Waals surface area contributed by atoms with Crippen LogP contribution in [0.4, 0.5) is 0 Å². The molecule has 6 heteroatoms.